The molecule has 0 spiro atoms. The average molecular weight is 633 g/mol. The van der Waals surface area contributed by atoms with Crippen molar-refractivity contribution >= 4 is 23.0 Å². The lowest BCUT2D eigenvalue weighted by atomic mass is 9.95. The number of hydrogen-bond donors (Lipinski definition) is 4. The van der Waals surface area contributed by atoms with Crippen LogP contribution in [0, 0.1) is 5.41 Å². The van der Waals surface area contributed by atoms with Gasteiger partial charge in [-0.15, -0.1) is 0 Å². The molecule has 3 aromatic rings. The highest BCUT2D eigenvalue weighted by molar-refractivity contribution is 6.13. The summed E-state index contributed by atoms with van der Waals surface area (Å²) in [6.07, 6.45) is 9.01. The number of halogens is 3. The lowest BCUT2D eigenvalue weighted by molar-refractivity contribution is -0.143. The van der Waals surface area contributed by atoms with Gasteiger partial charge in [0.15, 0.2) is 0 Å². The predicted octanol–water partition coefficient (Wildman–Crippen LogP) is 5.38. The SMILES string of the molecule is N=C1C=CC(c2cc(-c3ccc(NC(=O)N4Cc5ccncc5C4)cc3)nn(CC(F)(F)F)c2=O)=C/C1=C/NCCCCCCN. The third-order valence-electron chi connectivity index (χ3n) is 7.64. The zero-order valence-corrected chi connectivity index (χ0v) is 25.1. The highest BCUT2D eigenvalue weighted by Crippen LogP contribution is 2.27. The van der Waals surface area contributed by atoms with E-state index in [0.717, 1.165) is 36.8 Å². The lowest BCUT2D eigenvalue weighted by Gasteiger charge is -2.17. The predicted molar refractivity (Wildman–Crippen MR) is 171 cm³/mol. The van der Waals surface area contributed by atoms with Crippen LogP contribution >= 0.6 is 0 Å². The molecule has 0 saturated carbocycles. The van der Waals surface area contributed by atoms with Gasteiger partial charge in [0.1, 0.15) is 6.54 Å². The summed E-state index contributed by atoms with van der Waals surface area (Å²) in [6, 6.07) is 9.53. The second-order valence-electron chi connectivity index (χ2n) is 11.1. The summed E-state index contributed by atoms with van der Waals surface area (Å²) >= 11 is 0. The van der Waals surface area contributed by atoms with E-state index in [-0.39, 0.29) is 23.0 Å². The zero-order valence-electron chi connectivity index (χ0n) is 25.1. The van der Waals surface area contributed by atoms with Crippen molar-refractivity contribution in [3.8, 4) is 11.3 Å². The minimum absolute atomic E-state index is 0.0196. The Kier molecular flexibility index (Phi) is 10.1. The van der Waals surface area contributed by atoms with Crippen molar-refractivity contribution < 1.29 is 18.0 Å². The molecule has 10 nitrogen and oxygen atoms in total. The minimum Gasteiger partial charge on any atom is -0.390 e. The number of anilines is 1. The summed E-state index contributed by atoms with van der Waals surface area (Å²) in [7, 11) is 0. The molecule has 0 saturated heterocycles. The second-order valence-corrected chi connectivity index (χ2v) is 11.1. The number of nitrogens with one attached hydrogen (secondary N) is 3. The largest absolute Gasteiger partial charge is 0.408 e. The van der Waals surface area contributed by atoms with Gasteiger partial charge >= 0.3 is 12.2 Å². The fourth-order valence-corrected chi connectivity index (χ4v) is 5.21. The first-order valence-electron chi connectivity index (χ1n) is 15.0. The third kappa shape index (κ3) is 8.16. The van der Waals surface area contributed by atoms with Crippen LogP contribution in [0.2, 0.25) is 0 Å². The third-order valence-corrected chi connectivity index (χ3v) is 7.64. The molecule has 0 atom stereocenters. The van der Waals surface area contributed by atoms with Crippen LogP contribution in [0.5, 0.6) is 0 Å². The number of aromatic nitrogens is 3. The number of nitrogens with two attached hydrogens (primary N) is 1. The fourth-order valence-electron chi connectivity index (χ4n) is 5.21. The van der Waals surface area contributed by atoms with Gasteiger partial charge in [-0.05, 0) is 72.5 Å². The summed E-state index contributed by atoms with van der Waals surface area (Å²) in [4.78, 5) is 31.9. The molecule has 2 amide bonds. The van der Waals surface area contributed by atoms with Crippen molar-refractivity contribution in [2.75, 3.05) is 18.4 Å². The standard InChI is InChI=1S/C33H35F3N8O2/c34-33(35,36)21-44-31(45)28(23-7-10-29(38)25(15-23)17-39-13-4-2-1-3-12-37)16-30(42-44)22-5-8-27(9-6-22)41-32(46)43-19-24-11-14-40-18-26(24)20-43/h5-11,14-18,38-39H,1-4,12-13,19-21,37H2,(H,41,46)/b25-17-,38-29?. The van der Waals surface area contributed by atoms with E-state index in [9.17, 15) is 22.8 Å². The van der Waals surface area contributed by atoms with Crippen molar-refractivity contribution in [3.05, 3.63) is 106 Å². The Labute approximate surface area is 264 Å². The summed E-state index contributed by atoms with van der Waals surface area (Å²) < 4.78 is 40.8. The first-order valence-corrected chi connectivity index (χ1v) is 15.0. The number of alkyl halides is 3. The molecule has 0 radical (unpaired) electrons. The second kappa shape index (κ2) is 14.4. The molecule has 240 valence electrons. The monoisotopic (exact) mass is 632 g/mol. The van der Waals surface area contributed by atoms with Crippen LogP contribution in [0.1, 0.15) is 42.4 Å². The Morgan fingerprint density at radius 2 is 1.80 bits per heavy atom. The first kappa shape index (κ1) is 32.4. The number of amides is 2. The van der Waals surface area contributed by atoms with Crippen molar-refractivity contribution in [1.29, 1.82) is 5.41 Å². The summed E-state index contributed by atoms with van der Waals surface area (Å²) in [5.41, 5.74) is 8.82. The topological polar surface area (TPSA) is 142 Å². The first-order chi connectivity index (χ1) is 22.1. The van der Waals surface area contributed by atoms with Crippen molar-refractivity contribution in [2.45, 2.75) is 51.5 Å². The number of benzene rings is 1. The van der Waals surface area contributed by atoms with E-state index in [2.05, 4.69) is 20.7 Å². The van der Waals surface area contributed by atoms with Crippen molar-refractivity contribution in [2.24, 2.45) is 5.73 Å². The normalized spacial score (nSPS) is 15.2. The van der Waals surface area contributed by atoms with Crippen LogP contribution in [-0.2, 0) is 19.6 Å². The number of carbonyl (C=O) groups excluding carboxylic acids is 1. The van der Waals surface area contributed by atoms with E-state index in [1.165, 1.54) is 18.2 Å². The highest BCUT2D eigenvalue weighted by atomic mass is 19.4. The molecule has 0 unspecified atom stereocenters. The zero-order chi connectivity index (χ0) is 32.7. The molecule has 5 rings (SSSR count). The van der Waals surface area contributed by atoms with Crippen LogP contribution in [0.4, 0.5) is 23.7 Å². The van der Waals surface area contributed by atoms with Gasteiger partial charge in [-0.25, -0.2) is 9.48 Å². The van der Waals surface area contributed by atoms with Crippen molar-refractivity contribution in [3.63, 3.8) is 0 Å². The maximum absolute atomic E-state index is 13.5. The van der Waals surface area contributed by atoms with Gasteiger partial charge in [0.25, 0.3) is 5.56 Å². The number of nitrogens with zero attached hydrogens (tertiary/aromatic N) is 4. The number of rotatable bonds is 11. The number of hydrogen-bond acceptors (Lipinski definition) is 7. The molecular formula is C33H35F3N8O2. The maximum Gasteiger partial charge on any atom is 0.408 e. The molecule has 3 heterocycles. The smallest absolute Gasteiger partial charge is 0.390 e. The molecule has 0 fully saturated rings. The Hall–Kier alpha value is -5.04. The Morgan fingerprint density at radius 1 is 1.04 bits per heavy atom. The number of fused-ring (bicyclic) bond motifs is 1. The Bertz CT molecular complexity index is 1720. The molecule has 13 heteroatoms. The van der Waals surface area contributed by atoms with Gasteiger partial charge in [-0.1, -0.05) is 31.1 Å². The summed E-state index contributed by atoms with van der Waals surface area (Å²) in [5, 5.41) is 18.3. The molecule has 1 aliphatic heterocycles. The molecule has 5 N–H and O–H groups in total. The maximum atomic E-state index is 13.5. The average Bonchev–Trinajstić information content (AvgIpc) is 3.47. The van der Waals surface area contributed by atoms with E-state index in [4.69, 9.17) is 11.1 Å². The van der Waals surface area contributed by atoms with E-state index < -0.39 is 18.3 Å². The Balaban J connectivity index is 1.36. The molecule has 46 heavy (non-hydrogen) atoms. The minimum atomic E-state index is -4.68. The van der Waals surface area contributed by atoms with Crippen LogP contribution in [0.3, 0.4) is 0 Å². The number of pyridine rings is 1. The van der Waals surface area contributed by atoms with Crippen LogP contribution in [0.25, 0.3) is 16.8 Å². The van der Waals surface area contributed by atoms with E-state index in [1.807, 2.05) is 6.07 Å². The molecule has 2 aromatic heterocycles. The van der Waals surface area contributed by atoms with Gasteiger partial charge < -0.3 is 26.7 Å². The van der Waals surface area contributed by atoms with E-state index in [1.54, 1.807) is 53.8 Å². The van der Waals surface area contributed by atoms with Crippen LogP contribution < -0.4 is 21.9 Å². The number of unbranched alkanes of at least 4 members (excludes halogenated alkanes) is 3. The fraction of sp³-hybridized carbons (Fsp3) is 0.303. The van der Waals surface area contributed by atoms with Gasteiger partial charge in [0.05, 0.1) is 17.0 Å². The van der Waals surface area contributed by atoms with Gasteiger partial charge in [0, 0.05) is 55.1 Å². The molecular weight excluding hydrogens is 597 g/mol. The summed E-state index contributed by atoms with van der Waals surface area (Å²) in [6.45, 7) is 0.682. The van der Waals surface area contributed by atoms with Crippen molar-refractivity contribution in [1.82, 2.24) is 25.0 Å². The molecule has 0 bridgehead atoms. The number of urea groups is 1. The lowest BCUT2D eigenvalue weighted by Crippen LogP contribution is -2.32. The van der Waals surface area contributed by atoms with E-state index in [0.29, 0.717) is 53.3 Å². The van der Waals surface area contributed by atoms with E-state index >= 15 is 0 Å². The van der Waals surface area contributed by atoms with Gasteiger partial charge in [-0.2, -0.15) is 18.3 Å². The summed E-state index contributed by atoms with van der Waals surface area (Å²) in [5.74, 6) is 0. The van der Waals surface area contributed by atoms with Gasteiger partial charge in [-0.3, -0.25) is 9.78 Å². The van der Waals surface area contributed by atoms with Crippen LogP contribution in [0.15, 0.2) is 83.6 Å². The Morgan fingerprint density at radius 3 is 2.54 bits per heavy atom. The molecule has 1 aliphatic carbocycles. The quantitative estimate of drug-likeness (QED) is 0.209. The number of carbonyl (C=O) groups is 1. The van der Waals surface area contributed by atoms with Crippen LogP contribution in [-0.4, -0.2) is 50.7 Å². The molecule has 1 aromatic carbocycles. The number of allylic oxidation sites excluding steroid dienone is 5. The van der Waals surface area contributed by atoms with Gasteiger partial charge in [0.2, 0.25) is 0 Å². The highest BCUT2D eigenvalue weighted by Gasteiger charge is 2.30. The molecule has 2 aliphatic rings.